The standard InChI is InChI=1S/C31H27F3N6O3S2/c1-18(2)25-13-12-24-28(38-25)35-17-36-29(24)39-26-16-22(37-30(41)19-5-4-6-20(15-19)31(32,33)34)9-14-27(26)44-23-10-7-21(8-11-23)40-45(3,42)43/h4-18,40H,1-3H3,(H,37,41)(H,35,36,38,39). The fourth-order valence-electron chi connectivity index (χ4n) is 4.27. The van der Waals surface area contributed by atoms with Crippen LogP contribution >= 0.6 is 11.8 Å². The molecular weight excluding hydrogens is 626 g/mol. The lowest BCUT2D eigenvalue weighted by Gasteiger charge is -2.16. The highest BCUT2D eigenvalue weighted by molar-refractivity contribution is 7.99. The van der Waals surface area contributed by atoms with Crippen molar-refractivity contribution in [1.29, 1.82) is 0 Å². The monoisotopic (exact) mass is 652 g/mol. The fraction of sp³-hybridized carbons (Fsp3) is 0.161. The number of anilines is 4. The molecule has 3 aromatic carbocycles. The van der Waals surface area contributed by atoms with Gasteiger partial charge in [0.1, 0.15) is 12.1 Å². The number of hydrogen-bond donors (Lipinski definition) is 3. The van der Waals surface area contributed by atoms with Gasteiger partial charge in [-0.15, -0.1) is 0 Å². The van der Waals surface area contributed by atoms with Gasteiger partial charge in [0.25, 0.3) is 5.91 Å². The van der Waals surface area contributed by atoms with Crippen LogP contribution in [0.5, 0.6) is 0 Å². The minimum atomic E-state index is -4.59. The summed E-state index contributed by atoms with van der Waals surface area (Å²) in [5, 5.41) is 6.64. The van der Waals surface area contributed by atoms with Crippen molar-refractivity contribution in [3.63, 3.8) is 0 Å². The van der Waals surface area contributed by atoms with Crippen LogP contribution in [-0.2, 0) is 16.2 Å². The summed E-state index contributed by atoms with van der Waals surface area (Å²) in [4.78, 5) is 27.8. The van der Waals surface area contributed by atoms with E-state index < -0.39 is 27.7 Å². The molecule has 0 spiro atoms. The number of aromatic nitrogens is 3. The third-order valence-corrected chi connectivity index (χ3v) is 8.13. The van der Waals surface area contributed by atoms with E-state index in [1.54, 1.807) is 42.5 Å². The van der Waals surface area contributed by atoms with Gasteiger partial charge in [0, 0.05) is 32.4 Å². The van der Waals surface area contributed by atoms with E-state index in [1.807, 2.05) is 26.0 Å². The number of halogens is 3. The Balaban J connectivity index is 1.49. The number of benzene rings is 3. The quantitative estimate of drug-likeness (QED) is 0.148. The van der Waals surface area contributed by atoms with Crippen LogP contribution in [0.4, 0.5) is 36.1 Å². The zero-order chi connectivity index (χ0) is 32.4. The Kier molecular flexibility index (Phi) is 8.98. The molecule has 3 N–H and O–H groups in total. The van der Waals surface area contributed by atoms with Crippen molar-refractivity contribution in [2.75, 3.05) is 21.6 Å². The van der Waals surface area contributed by atoms with Crippen molar-refractivity contribution >= 4 is 61.6 Å². The largest absolute Gasteiger partial charge is 0.416 e. The normalized spacial score (nSPS) is 11.9. The molecule has 0 fully saturated rings. The number of pyridine rings is 1. The van der Waals surface area contributed by atoms with Crippen LogP contribution in [0.1, 0.15) is 41.4 Å². The van der Waals surface area contributed by atoms with E-state index in [1.165, 1.54) is 30.2 Å². The molecule has 0 radical (unpaired) electrons. The van der Waals surface area contributed by atoms with Crippen molar-refractivity contribution in [2.24, 2.45) is 0 Å². The lowest BCUT2D eigenvalue weighted by molar-refractivity contribution is -0.137. The van der Waals surface area contributed by atoms with E-state index in [9.17, 15) is 26.4 Å². The Morgan fingerprint density at radius 1 is 0.911 bits per heavy atom. The predicted octanol–water partition coefficient (Wildman–Crippen LogP) is 7.69. The third kappa shape index (κ3) is 8.08. The first-order chi connectivity index (χ1) is 21.2. The van der Waals surface area contributed by atoms with Crippen LogP contribution in [0.25, 0.3) is 11.0 Å². The molecule has 9 nitrogen and oxygen atoms in total. The molecule has 0 aliphatic rings. The number of rotatable bonds is 9. The second-order valence-corrected chi connectivity index (χ2v) is 13.2. The topological polar surface area (TPSA) is 126 Å². The zero-order valence-corrected chi connectivity index (χ0v) is 25.8. The molecular formula is C31H27F3N6O3S2. The van der Waals surface area contributed by atoms with Crippen molar-refractivity contribution in [1.82, 2.24) is 15.0 Å². The maximum atomic E-state index is 13.2. The zero-order valence-electron chi connectivity index (χ0n) is 24.2. The van der Waals surface area contributed by atoms with Gasteiger partial charge in [-0.1, -0.05) is 31.7 Å². The summed E-state index contributed by atoms with van der Waals surface area (Å²) in [6.07, 6.45) is -2.13. The van der Waals surface area contributed by atoms with E-state index in [0.29, 0.717) is 33.9 Å². The number of amides is 1. The van der Waals surface area contributed by atoms with E-state index >= 15 is 0 Å². The van der Waals surface area contributed by atoms with E-state index in [2.05, 4.69) is 30.3 Å². The first kappa shape index (κ1) is 31.7. The van der Waals surface area contributed by atoms with Gasteiger partial charge in [-0.05, 0) is 78.7 Å². The minimum absolute atomic E-state index is 0.144. The van der Waals surface area contributed by atoms with Crippen molar-refractivity contribution < 1.29 is 26.4 Å². The van der Waals surface area contributed by atoms with Gasteiger partial charge < -0.3 is 10.6 Å². The van der Waals surface area contributed by atoms with Gasteiger partial charge in [0.05, 0.1) is 22.9 Å². The summed E-state index contributed by atoms with van der Waals surface area (Å²) < 4.78 is 65.2. The first-order valence-corrected chi connectivity index (χ1v) is 16.2. The van der Waals surface area contributed by atoms with Crippen molar-refractivity contribution in [3.8, 4) is 0 Å². The van der Waals surface area contributed by atoms with E-state index in [4.69, 9.17) is 0 Å². The Morgan fingerprint density at radius 3 is 2.33 bits per heavy atom. The van der Waals surface area contributed by atoms with Gasteiger partial charge in [-0.3, -0.25) is 9.52 Å². The summed E-state index contributed by atoms with van der Waals surface area (Å²) in [6, 6.07) is 19.8. The van der Waals surface area contributed by atoms with Crippen LogP contribution in [0.3, 0.4) is 0 Å². The average molecular weight is 653 g/mol. The summed E-state index contributed by atoms with van der Waals surface area (Å²) in [5.74, 6) is -0.0575. The van der Waals surface area contributed by atoms with Crippen LogP contribution in [0, 0.1) is 0 Å². The smallest absolute Gasteiger partial charge is 0.339 e. The molecule has 2 aromatic heterocycles. The number of hydrogen-bond acceptors (Lipinski definition) is 8. The molecule has 14 heteroatoms. The fourth-order valence-corrected chi connectivity index (χ4v) is 5.72. The summed E-state index contributed by atoms with van der Waals surface area (Å²) in [7, 11) is -3.43. The molecule has 0 aliphatic carbocycles. The summed E-state index contributed by atoms with van der Waals surface area (Å²) in [6.45, 7) is 4.06. The first-order valence-electron chi connectivity index (χ1n) is 13.5. The number of nitrogens with one attached hydrogen (secondary N) is 3. The van der Waals surface area contributed by atoms with Gasteiger partial charge in [-0.2, -0.15) is 13.2 Å². The van der Waals surface area contributed by atoms with Gasteiger partial charge >= 0.3 is 6.18 Å². The highest BCUT2D eigenvalue weighted by Gasteiger charge is 2.31. The third-order valence-electron chi connectivity index (χ3n) is 6.44. The molecule has 5 rings (SSSR count). The highest BCUT2D eigenvalue weighted by atomic mass is 32.2. The van der Waals surface area contributed by atoms with Crippen LogP contribution in [0.15, 0.2) is 95.0 Å². The van der Waals surface area contributed by atoms with Crippen molar-refractivity contribution in [2.45, 2.75) is 35.7 Å². The number of sulfonamides is 1. The van der Waals surface area contributed by atoms with Crippen LogP contribution < -0.4 is 15.4 Å². The number of fused-ring (bicyclic) bond motifs is 1. The summed E-state index contributed by atoms with van der Waals surface area (Å²) in [5.41, 5.74) is 1.57. The molecule has 5 aromatic rings. The molecule has 45 heavy (non-hydrogen) atoms. The molecule has 0 bridgehead atoms. The maximum Gasteiger partial charge on any atom is 0.416 e. The number of carbonyl (C=O) groups excluding carboxylic acids is 1. The Hall–Kier alpha value is -4.69. The van der Waals surface area contributed by atoms with Crippen LogP contribution in [-0.4, -0.2) is 35.5 Å². The lowest BCUT2D eigenvalue weighted by Crippen LogP contribution is -2.14. The Bertz CT molecular complexity index is 1990. The number of nitrogens with zero attached hydrogens (tertiary/aromatic N) is 3. The molecule has 2 heterocycles. The molecule has 232 valence electrons. The van der Waals surface area contributed by atoms with Crippen LogP contribution in [0.2, 0.25) is 0 Å². The number of alkyl halides is 3. The van der Waals surface area contributed by atoms with E-state index in [-0.39, 0.29) is 11.5 Å². The maximum absolute atomic E-state index is 13.2. The molecule has 0 saturated heterocycles. The number of carbonyl (C=O) groups is 1. The predicted molar refractivity (Wildman–Crippen MR) is 170 cm³/mol. The molecule has 0 saturated carbocycles. The molecule has 0 aliphatic heterocycles. The van der Waals surface area contributed by atoms with Gasteiger partial charge in [-0.25, -0.2) is 23.4 Å². The minimum Gasteiger partial charge on any atom is -0.339 e. The highest BCUT2D eigenvalue weighted by Crippen LogP contribution is 2.38. The second kappa shape index (κ2) is 12.7. The average Bonchev–Trinajstić information content (AvgIpc) is 2.98. The molecule has 0 unspecified atom stereocenters. The summed E-state index contributed by atoms with van der Waals surface area (Å²) >= 11 is 1.36. The van der Waals surface area contributed by atoms with Gasteiger partial charge in [0.15, 0.2) is 5.65 Å². The molecule has 0 atom stereocenters. The SMILES string of the molecule is CC(C)c1ccc2c(Nc3cc(NC(=O)c4cccc(C(F)(F)F)c4)ccc3Sc3ccc(NS(C)(=O)=O)cc3)ncnc2n1. The van der Waals surface area contributed by atoms with E-state index in [0.717, 1.165) is 33.9 Å². The Morgan fingerprint density at radius 2 is 1.64 bits per heavy atom. The lowest BCUT2D eigenvalue weighted by atomic mass is 10.1. The van der Waals surface area contributed by atoms with Crippen molar-refractivity contribution in [3.05, 3.63) is 102 Å². The van der Waals surface area contributed by atoms with Gasteiger partial charge in [0.2, 0.25) is 10.0 Å². The Labute approximate surface area is 261 Å². The second-order valence-electron chi connectivity index (χ2n) is 10.4. The molecule has 1 amide bonds.